The van der Waals surface area contributed by atoms with Crippen molar-refractivity contribution in [3.05, 3.63) is 54.1 Å². The fourth-order valence-corrected chi connectivity index (χ4v) is 2.72. The fraction of sp³-hybridized carbons (Fsp3) is 0.167. The number of carboxylic acids is 1. The summed E-state index contributed by atoms with van der Waals surface area (Å²) in [5.41, 5.74) is 1.06. The first-order valence-electron chi connectivity index (χ1n) is 7.61. The number of amides is 2. The lowest BCUT2D eigenvalue weighted by molar-refractivity contribution is -0.121. The lowest BCUT2D eigenvalue weighted by Crippen LogP contribution is -2.34. The standard InChI is InChI=1S/C18H16N2O5/c1-25-15-5-3-2-4-13(15)19-14-10-16(21)20(17(14)22)12-8-6-11(7-9-12)18(23)24/h2-9,14,19H,10H2,1H3,(H,23,24). The van der Waals surface area contributed by atoms with Crippen LogP contribution in [0.1, 0.15) is 16.8 Å². The van der Waals surface area contributed by atoms with Crippen molar-refractivity contribution in [2.45, 2.75) is 12.5 Å². The Labute approximate surface area is 143 Å². The van der Waals surface area contributed by atoms with E-state index < -0.39 is 12.0 Å². The van der Waals surface area contributed by atoms with Gasteiger partial charge in [-0.25, -0.2) is 9.69 Å². The summed E-state index contributed by atoms with van der Waals surface area (Å²) in [6.07, 6.45) is 0.0115. The van der Waals surface area contributed by atoms with Gasteiger partial charge in [-0.15, -0.1) is 0 Å². The number of anilines is 2. The van der Waals surface area contributed by atoms with Crippen LogP contribution < -0.4 is 15.0 Å². The summed E-state index contributed by atoms with van der Waals surface area (Å²) in [6.45, 7) is 0. The molecule has 1 aliphatic heterocycles. The number of imide groups is 1. The molecule has 1 saturated heterocycles. The third kappa shape index (κ3) is 3.16. The highest BCUT2D eigenvalue weighted by Crippen LogP contribution is 2.29. The van der Waals surface area contributed by atoms with Gasteiger partial charge >= 0.3 is 5.97 Å². The number of carboxylic acid groups (broad SMARTS) is 1. The first-order chi connectivity index (χ1) is 12.0. The molecule has 7 nitrogen and oxygen atoms in total. The van der Waals surface area contributed by atoms with Gasteiger partial charge in [0, 0.05) is 0 Å². The summed E-state index contributed by atoms with van der Waals surface area (Å²) in [7, 11) is 1.53. The number of aromatic carboxylic acids is 1. The Morgan fingerprint density at radius 2 is 1.84 bits per heavy atom. The average Bonchev–Trinajstić information content (AvgIpc) is 2.89. The fourth-order valence-electron chi connectivity index (χ4n) is 2.72. The molecule has 0 bridgehead atoms. The molecule has 25 heavy (non-hydrogen) atoms. The zero-order valence-electron chi connectivity index (χ0n) is 13.4. The second-order valence-corrected chi connectivity index (χ2v) is 5.52. The van der Waals surface area contributed by atoms with Gasteiger partial charge < -0.3 is 15.2 Å². The topological polar surface area (TPSA) is 95.9 Å². The van der Waals surface area contributed by atoms with E-state index >= 15 is 0 Å². The maximum absolute atomic E-state index is 12.6. The highest BCUT2D eigenvalue weighted by atomic mass is 16.5. The van der Waals surface area contributed by atoms with Gasteiger partial charge in [0.1, 0.15) is 11.8 Å². The molecule has 1 aliphatic rings. The highest BCUT2D eigenvalue weighted by molar-refractivity contribution is 6.23. The van der Waals surface area contributed by atoms with Crippen LogP contribution >= 0.6 is 0 Å². The number of nitrogens with one attached hydrogen (secondary N) is 1. The SMILES string of the molecule is COc1ccccc1NC1CC(=O)N(c2ccc(C(=O)O)cc2)C1=O. The second-order valence-electron chi connectivity index (χ2n) is 5.52. The molecule has 2 aromatic rings. The number of hydrogen-bond donors (Lipinski definition) is 2. The molecule has 0 spiro atoms. The molecule has 2 aromatic carbocycles. The predicted octanol–water partition coefficient (Wildman–Crippen LogP) is 2.14. The molecule has 0 aliphatic carbocycles. The number of rotatable bonds is 5. The van der Waals surface area contributed by atoms with Gasteiger partial charge in [0.05, 0.1) is 30.5 Å². The summed E-state index contributed by atoms with van der Waals surface area (Å²) < 4.78 is 5.24. The summed E-state index contributed by atoms with van der Waals surface area (Å²) in [6, 6.07) is 12.0. The molecule has 1 unspecified atom stereocenters. The van der Waals surface area contributed by atoms with Crippen LogP contribution in [0.5, 0.6) is 5.75 Å². The van der Waals surface area contributed by atoms with Crippen LogP contribution in [0.25, 0.3) is 0 Å². The van der Waals surface area contributed by atoms with Crippen LogP contribution in [0.2, 0.25) is 0 Å². The maximum atomic E-state index is 12.6. The molecule has 1 fully saturated rings. The first-order valence-corrected chi connectivity index (χ1v) is 7.61. The summed E-state index contributed by atoms with van der Waals surface area (Å²) in [5, 5.41) is 12.0. The molecule has 2 amide bonds. The van der Waals surface area contributed by atoms with Crippen LogP contribution in [0, 0.1) is 0 Å². The summed E-state index contributed by atoms with van der Waals surface area (Å²) in [5.74, 6) is -1.23. The Morgan fingerprint density at radius 3 is 2.48 bits per heavy atom. The third-order valence-corrected chi connectivity index (χ3v) is 3.96. The number of para-hydroxylation sites is 2. The van der Waals surface area contributed by atoms with Crippen molar-refractivity contribution in [1.82, 2.24) is 0 Å². The Bertz CT molecular complexity index is 832. The number of methoxy groups -OCH3 is 1. The monoisotopic (exact) mass is 340 g/mol. The summed E-state index contributed by atoms with van der Waals surface area (Å²) in [4.78, 5) is 36.9. The van der Waals surface area contributed by atoms with Crippen molar-refractivity contribution < 1.29 is 24.2 Å². The number of benzene rings is 2. The number of ether oxygens (including phenoxy) is 1. The molecule has 128 valence electrons. The van der Waals surface area contributed by atoms with Crippen LogP contribution in [0.3, 0.4) is 0 Å². The number of carbonyl (C=O) groups is 3. The highest BCUT2D eigenvalue weighted by Gasteiger charge is 2.39. The number of hydrogen-bond acceptors (Lipinski definition) is 5. The lowest BCUT2D eigenvalue weighted by atomic mass is 10.2. The van der Waals surface area contributed by atoms with Crippen molar-refractivity contribution >= 4 is 29.2 Å². The maximum Gasteiger partial charge on any atom is 0.335 e. The minimum atomic E-state index is -1.07. The van der Waals surface area contributed by atoms with E-state index in [0.717, 1.165) is 4.90 Å². The van der Waals surface area contributed by atoms with Gasteiger partial charge in [0.25, 0.3) is 5.91 Å². The molecule has 1 atom stereocenters. The van der Waals surface area contributed by atoms with E-state index in [0.29, 0.717) is 17.1 Å². The molecular formula is C18H16N2O5. The van der Waals surface area contributed by atoms with Gasteiger partial charge in [-0.3, -0.25) is 9.59 Å². The molecule has 0 radical (unpaired) electrons. The normalized spacial score (nSPS) is 16.8. The van der Waals surface area contributed by atoms with Gasteiger partial charge in [-0.05, 0) is 36.4 Å². The predicted molar refractivity (Wildman–Crippen MR) is 90.9 cm³/mol. The van der Waals surface area contributed by atoms with E-state index in [1.165, 1.54) is 31.4 Å². The van der Waals surface area contributed by atoms with Gasteiger partial charge in [0.2, 0.25) is 5.91 Å². The largest absolute Gasteiger partial charge is 0.495 e. The van der Waals surface area contributed by atoms with Crippen molar-refractivity contribution in [3.63, 3.8) is 0 Å². The zero-order chi connectivity index (χ0) is 18.0. The summed E-state index contributed by atoms with van der Waals surface area (Å²) >= 11 is 0. The Hall–Kier alpha value is -3.35. The average molecular weight is 340 g/mol. The van der Waals surface area contributed by atoms with Crippen LogP contribution in [0.4, 0.5) is 11.4 Å². The van der Waals surface area contributed by atoms with Crippen molar-refractivity contribution in [1.29, 1.82) is 0 Å². The Balaban J connectivity index is 1.81. The Morgan fingerprint density at radius 1 is 1.16 bits per heavy atom. The van der Waals surface area contributed by atoms with E-state index in [2.05, 4.69) is 5.32 Å². The lowest BCUT2D eigenvalue weighted by Gasteiger charge is -2.17. The van der Waals surface area contributed by atoms with E-state index in [1.54, 1.807) is 18.2 Å². The van der Waals surface area contributed by atoms with Crippen molar-refractivity contribution in [2.75, 3.05) is 17.3 Å². The van der Waals surface area contributed by atoms with Crippen molar-refractivity contribution in [3.8, 4) is 5.75 Å². The van der Waals surface area contributed by atoms with E-state index in [-0.39, 0.29) is 23.8 Å². The Kier molecular flexibility index (Phi) is 4.38. The van der Waals surface area contributed by atoms with Gasteiger partial charge in [0.15, 0.2) is 0 Å². The van der Waals surface area contributed by atoms with Gasteiger partial charge in [-0.2, -0.15) is 0 Å². The van der Waals surface area contributed by atoms with E-state index in [4.69, 9.17) is 9.84 Å². The molecular weight excluding hydrogens is 324 g/mol. The third-order valence-electron chi connectivity index (χ3n) is 3.96. The zero-order valence-corrected chi connectivity index (χ0v) is 13.4. The quantitative estimate of drug-likeness (QED) is 0.810. The number of nitrogens with zero attached hydrogens (tertiary/aromatic N) is 1. The van der Waals surface area contributed by atoms with E-state index in [1.807, 2.05) is 6.07 Å². The van der Waals surface area contributed by atoms with Crippen LogP contribution in [0.15, 0.2) is 48.5 Å². The molecule has 7 heteroatoms. The van der Waals surface area contributed by atoms with Crippen LogP contribution in [-0.4, -0.2) is 36.0 Å². The molecule has 2 N–H and O–H groups in total. The number of carbonyl (C=O) groups excluding carboxylic acids is 2. The molecule has 0 aromatic heterocycles. The second kappa shape index (κ2) is 6.64. The minimum absolute atomic E-state index is 0.0115. The van der Waals surface area contributed by atoms with Crippen molar-refractivity contribution in [2.24, 2.45) is 0 Å². The smallest absolute Gasteiger partial charge is 0.335 e. The molecule has 1 heterocycles. The van der Waals surface area contributed by atoms with E-state index in [9.17, 15) is 14.4 Å². The minimum Gasteiger partial charge on any atom is -0.495 e. The first kappa shape index (κ1) is 16.5. The van der Waals surface area contributed by atoms with Gasteiger partial charge in [-0.1, -0.05) is 12.1 Å². The molecule has 3 rings (SSSR count). The van der Waals surface area contributed by atoms with Crippen LogP contribution in [-0.2, 0) is 9.59 Å². The molecule has 0 saturated carbocycles.